The zero-order valence-corrected chi connectivity index (χ0v) is 13.6. The van der Waals surface area contributed by atoms with Gasteiger partial charge in [0, 0.05) is 23.7 Å². The molecule has 1 aromatic heterocycles. The number of benzene rings is 1. The highest BCUT2D eigenvalue weighted by Crippen LogP contribution is 2.36. The maximum atomic E-state index is 6.21. The minimum atomic E-state index is -0.0756. The Morgan fingerprint density at radius 2 is 1.91 bits per heavy atom. The number of halogens is 1. The molecule has 6 heteroatoms. The highest BCUT2D eigenvalue weighted by Gasteiger charge is 2.16. The molecule has 0 aliphatic heterocycles. The third-order valence-electron chi connectivity index (χ3n) is 3.60. The van der Waals surface area contributed by atoms with Crippen molar-refractivity contribution in [2.45, 2.75) is 12.5 Å². The van der Waals surface area contributed by atoms with Crippen LogP contribution in [-0.2, 0) is 0 Å². The van der Waals surface area contributed by atoms with Gasteiger partial charge in [0.2, 0.25) is 0 Å². The van der Waals surface area contributed by atoms with E-state index in [2.05, 4.69) is 4.98 Å². The fourth-order valence-electron chi connectivity index (χ4n) is 2.42. The molecule has 0 bridgehead atoms. The monoisotopic (exact) mass is 332 g/mol. The maximum Gasteiger partial charge on any atom is 0.162 e. The molecule has 120 valence electrons. The van der Waals surface area contributed by atoms with Crippen LogP contribution in [0.1, 0.15) is 6.42 Å². The first kappa shape index (κ1) is 15.6. The number of allylic oxidation sites excluding steroid dienone is 1. The van der Waals surface area contributed by atoms with Crippen LogP contribution in [0.25, 0.3) is 10.9 Å². The Hall–Kier alpha value is -2.24. The second-order valence-electron chi connectivity index (χ2n) is 5.12. The topological polar surface area (TPSA) is 66.6 Å². The largest absolute Gasteiger partial charge is 0.493 e. The van der Waals surface area contributed by atoms with Crippen LogP contribution in [0.15, 0.2) is 47.3 Å². The SMILES string of the molecule is COc1cc2nccc(OC3=CCC(N)C=C3Cl)c2cc1OC. The van der Waals surface area contributed by atoms with Crippen LogP contribution >= 0.6 is 11.6 Å². The molecule has 0 amide bonds. The summed E-state index contributed by atoms with van der Waals surface area (Å²) >= 11 is 6.21. The van der Waals surface area contributed by atoms with Crippen molar-refractivity contribution in [1.82, 2.24) is 4.98 Å². The Labute approximate surface area is 139 Å². The predicted molar refractivity (Wildman–Crippen MR) is 90.1 cm³/mol. The lowest BCUT2D eigenvalue weighted by molar-refractivity contribution is 0.355. The standard InChI is InChI=1S/C17H17ClN2O3/c1-21-16-8-11-13(9-17(16)22-2)20-6-5-14(11)23-15-4-3-10(19)7-12(15)18/h4-10H,3,19H2,1-2H3. The molecule has 1 aliphatic carbocycles. The Morgan fingerprint density at radius 1 is 1.17 bits per heavy atom. The van der Waals surface area contributed by atoms with Crippen LogP contribution in [0.5, 0.6) is 17.2 Å². The van der Waals surface area contributed by atoms with Crippen molar-refractivity contribution in [3.63, 3.8) is 0 Å². The first-order chi connectivity index (χ1) is 11.1. The van der Waals surface area contributed by atoms with Crippen molar-refractivity contribution >= 4 is 22.5 Å². The number of nitrogens with zero attached hydrogens (tertiary/aromatic N) is 1. The van der Waals surface area contributed by atoms with Gasteiger partial charge in [-0.2, -0.15) is 0 Å². The number of methoxy groups -OCH3 is 2. The number of pyridine rings is 1. The quantitative estimate of drug-likeness (QED) is 0.929. The molecule has 1 atom stereocenters. The molecule has 23 heavy (non-hydrogen) atoms. The van der Waals surface area contributed by atoms with Crippen molar-refractivity contribution in [1.29, 1.82) is 0 Å². The van der Waals surface area contributed by atoms with Gasteiger partial charge in [-0.1, -0.05) is 11.6 Å². The average molecular weight is 333 g/mol. The summed E-state index contributed by atoms with van der Waals surface area (Å²) in [5, 5.41) is 1.32. The Morgan fingerprint density at radius 3 is 2.61 bits per heavy atom. The number of aromatic nitrogens is 1. The van der Waals surface area contributed by atoms with Gasteiger partial charge >= 0.3 is 0 Å². The van der Waals surface area contributed by atoms with E-state index in [0.29, 0.717) is 34.5 Å². The number of hydrogen-bond acceptors (Lipinski definition) is 5. The fraction of sp³-hybridized carbons (Fsp3) is 0.235. The van der Waals surface area contributed by atoms with Gasteiger partial charge in [-0.05, 0) is 30.7 Å². The lowest BCUT2D eigenvalue weighted by Gasteiger charge is -2.17. The minimum Gasteiger partial charge on any atom is -0.493 e. The van der Waals surface area contributed by atoms with Gasteiger partial charge in [0.05, 0.1) is 24.8 Å². The van der Waals surface area contributed by atoms with E-state index >= 15 is 0 Å². The molecule has 5 nitrogen and oxygen atoms in total. The van der Waals surface area contributed by atoms with Crippen LogP contribution in [0, 0.1) is 0 Å². The van der Waals surface area contributed by atoms with Crippen molar-refractivity contribution < 1.29 is 14.2 Å². The van der Waals surface area contributed by atoms with Gasteiger partial charge in [-0.3, -0.25) is 4.98 Å². The number of rotatable bonds is 4. The lowest BCUT2D eigenvalue weighted by Crippen LogP contribution is -2.19. The van der Waals surface area contributed by atoms with E-state index in [1.165, 1.54) is 0 Å². The van der Waals surface area contributed by atoms with E-state index in [4.69, 9.17) is 31.5 Å². The van der Waals surface area contributed by atoms with E-state index in [9.17, 15) is 0 Å². The molecule has 0 saturated heterocycles. The molecular weight excluding hydrogens is 316 g/mol. The molecule has 1 heterocycles. The van der Waals surface area contributed by atoms with E-state index < -0.39 is 0 Å². The summed E-state index contributed by atoms with van der Waals surface area (Å²) in [5.41, 5.74) is 6.58. The molecule has 0 fully saturated rings. The first-order valence-corrected chi connectivity index (χ1v) is 7.52. The van der Waals surface area contributed by atoms with E-state index in [0.717, 1.165) is 10.9 Å². The number of ether oxygens (including phenoxy) is 3. The summed E-state index contributed by atoms with van der Waals surface area (Å²) in [5.74, 6) is 2.46. The van der Waals surface area contributed by atoms with Gasteiger partial charge in [0.15, 0.2) is 11.5 Å². The lowest BCUT2D eigenvalue weighted by atomic mass is 10.1. The first-order valence-electron chi connectivity index (χ1n) is 7.14. The second kappa shape index (κ2) is 6.48. The number of nitrogens with two attached hydrogens (primary N) is 1. The Kier molecular flexibility index (Phi) is 4.41. The molecule has 3 rings (SSSR count). The van der Waals surface area contributed by atoms with Gasteiger partial charge in [-0.25, -0.2) is 0 Å². The molecule has 0 spiro atoms. The fourth-order valence-corrected chi connectivity index (χ4v) is 2.70. The number of hydrogen-bond donors (Lipinski definition) is 1. The highest BCUT2D eigenvalue weighted by atomic mass is 35.5. The second-order valence-corrected chi connectivity index (χ2v) is 5.53. The van der Waals surface area contributed by atoms with Crippen LogP contribution in [0.2, 0.25) is 0 Å². The molecule has 2 N–H and O–H groups in total. The van der Waals surface area contributed by atoms with Crippen LogP contribution < -0.4 is 19.9 Å². The molecule has 1 unspecified atom stereocenters. The van der Waals surface area contributed by atoms with E-state index in [1.807, 2.05) is 18.2 Å². The summed E-state index contributed by atoms with van der Waals surface area (Å²) in [6.07, 6.45) is 6.03. The summed E-state index contributed by atoms with van der Waals surface area (Å²) in [6.45, 7) is 0. The molecule has 1 aliphatic rings. The Balaban J connectivity index is 2.03. The van der Waals surface area contributed by atoms with Gasteiger partial charge in [-0.15, -0.1) is 0 Å². The van der Waals surface area contributed by atoms with E-state index in [1.54, 1.807) is 32.6 Å². The van der Waals surface area contributed by atoms with Crippen molar-refractivity contribution in [2.24, 2.45) is 5.73 Å². The van der Waals surface area contributed by atoms with E-state index in [-0.39, 0.29) is 6.04 Å². The molecule has 0 radical (unpaired) electrons. The van der Waals surface area contributed by atoms with Crippen LogP contribution in [-0.4, -0.2) is 25.2 Å². The van der Waals surface area contributed by atoms with Crippen molar-refractivity contribution in [3.8, 4) is 17.2 Å². The van der Waals surface area contributed by atoms with Crippen molar-refractivity contribution in [2.75, 3.05) is 14.2 Å². The van der Waals surface area contributed by atoms with Gasteiger partial charge < -0.3 is 19.9 Å². The highest BCUT2D eigenvalue weighted by molar-refractivity contribution is 6.31. The molecular formula is C17H17ClN2O3. The molecule has 2 aromatic rings. The smallest absolute Gasteiger partial charge is 0.162 e. The summed E-state index contributed by atoms with van der Waals surface area (Å²) < 4.78 is 16.6. The zero-order valence-electron chi connectivity index (χ0n) is 12.9. The van der Waals surface area contributed by atoms with Gasteiger partial charge in [0.25, 0.3) is 0 Å². The zero-order chi connectivity index (χ0) is 16.4. The van der Waals surface area contributed by atoms with Crippen molar-refractivity contribution in [3.05, 3.63) is 47.3 Å². The third-order valence-corrected chi connectivity index (χ3v) is 3.91. The summed E-state index contributed by atoms with van der Waals surface area (Å²) in [7, 11) is 3.18. The van der Waals surface area contributed by atoms with Crippen LogP contribution in [0.4, 0.5) is 0 Å². The third kappa shape index (κ3) is 3.11. The maximum absolute atomic E-state index is 6.21. The Bertz CT molecular complexity index is 802. The molecule has 1 aromatic carbocycles. The predicted octanol–water partition coefficient (Wildman–Crippen LogP) is 3.37. The minimum absolute atomic E-state index is 0.0756. The normalized spacial score (nSPS) is 17.5. The number of fused-ring (bicyclic) bond motifs is 1. The van der Waals surface area contributed by atoms with Gasteiger partial charge in [0.1, 0.15) is 11.5 Å². The average Bonchev–Trinajstić information content (AvgIpc) is 2.56. The summed E-state index contributed by atoms with van der Waals surface area (Å²) in [6, 6.07) is 5.36. The molecule has 0 saturated carbocycles. The summed E-state index contributed by atoms with van der Waals surface area (Å²) in [4.78, 5) is 4.35. The van der Waals surface area contributed by atoms with Crippen LogP contribution in [0.3, 0.4) is 0 Å².